The average molecular weight is 643 g/mol. The Morgan fingerprint density at radius 2 is 1.62 bits per heavy atom. The van der Waals surface area contributed by atoms with E-state index in [0.717, 1.165) is 36.9 Å². The van der Waals surface area contributed by atoms with Gasteiger partial charge < -0.3 is 9.84 Å². The highest BCUT2D eigenvalue weighted by Crippen LogP contribution is 2.26. The van der Waals surface area contributed by atoms with Crippen molar-refractivity contribution in [1.29, 1.82) is 5.26 Å². The number of nitrogens with zero attached hydrogens (tertiary/aromatic N) is 4. The molecule has 0 amide bonds. The molecule has 1 N–H and O–H groups in total. The molecule has 0 aliphatic carbocycles. The first kappa shape index (κ1) is 29.8. The molecule has 0 atom stereocenters. The Morgan fingerprint density at radius 3 is 2.24 bits per heavy atom. The molecule has 2 aromatic heterocycles. The molecule has 2 aromatic carbocycles. The summed E-state index contributed by atoms with van der Waals surface area (Å²) in [7, 11) is 0. The van der Waals surface area contributed by atoms with Crippen LogP contribution < -0.4 is 4.74 Å². The summed E-state index contributed by atoms with van der Waals surface area (Å²) in [5, 5.41) is 17.5. The zero-order chi connectivity index (χ0) is 27.2. The number of nitriles is 1. The molecule has 9 heteroatoms. The molecule has 2 heterocycles. The number of benzene rings is 2. The molecule has 0 fully saturated rings. The summed E-state index contributed by atoms with van der Waals surface area (Å²) in [4.78, 5) is 11.2. The smallest absolute Gasteiger partial charge is 0.205 e. The summed E-state index contributed by atoms with van der Waals surface area (Å²) in [5.74, 6) is 1.57. The van der Waals surface area contributed by atoms with Gasteiger partial charge in [-0.05, 0) is 61.4 Å². The van der Waals surface area contributed by atoms with Gasteiger partial charge in [0.2, 0.25) is 5.69 Å². The third kappa shape index (κ3) is 9.86. The summed E-state index contributed by atoms with van der Waals surface area (Å²) in [5.41, 5.74) is 4.80. The van der Waals surface area contributed by atoms with Gasteiger partial charge >= 0.3 is 0 Å². The Bertz CT molecular complexity index is 1400. The van der Waals surface area contributed by atoms with Crippen LogP contribution in [-0.2, 0) is 12.5 Å². The van der Waals surface area contributed by atoms with Gasteiger partial charge in [0, 0.05) is 50.7 Å². The molecule has 188 valence electrons. The highest BCUT2D eigenvalue weighted by atomic mass is 79.9. The molecule has 0 bridgehead atoms. The standard InChI is InChI=1S/C14H11BrN2O.C7H7BrO.C7H5ClN2/c1-10-13(15)4-3-5-14(10)18-9-11-6-12(16-2)8-17-7-11;1-5-6(8)3-2-4-7(5)9;8-2-6-1-7(3-9)5-10-4-6/h3-8H,9H2,1H3;2-4,9H,1H3;1,4-5H,2H2. The lowest BCUT2D eigenvalue weighted by molar-refractivity contribution is 0.303. The van der Waals surface area contributed by atoms with Crippen LogP contribution in [0.5, 0.6) is 11.5 Å². The second-order valence-electron chi connectivity index (χ2n) is 7.53. The minimum atomic E-state index is 0.337. The van der Waals surface area contributed by atoms with Crippen molar-refractivity contribution >= 4 is 49.1 Å². The maximum Gasteiger partial charge on any atom is 0.205 e. The van der Waals surface area contributed by atoms with Crippen molar-refractivity contribution < 1.29 is 9.84 Å². The van der Waals surface area contributed by atoms with Crippen LogP contribution in [0.4, 0.5) is 5.69 Å². The first-order chi connectivity index (χ1) is 17.8. The quantitative estimate of drug-likeness (QED) is 0.178. The van der Waals surface area contributed by atoms with Crippen LogP contribution >= 0.6 is 43.5 Å². The zero-order valence-corrected chi connectivity index (χ0v) is 24.0. The third-order valence-electron chi connectivity index (χ3n) is 4.84. The van der Waals surface area contributed by atoms with Gasteiger partial charge in [0.25, 0.3) is 0 Å². The van der Waals surface area contributed by atoms with Crippen LogP contribution in [0.2, 0.25) is 0 Å². The van der Waals surface area contributed by atoms with Gasteiger partial charge in [0.1, 0.15) is 24.2 Å². The molecular weight excluding hydrogens is 620 g/mol. The lowest BCUT2D eigenvalue weighted by atomic mass is 10.2. The van der Waals surface area contributed by atoms with Crippen LogP contribution in [0, 0.1) is 31.8 Å². The molecule has 4 aromatic rings. The average Bonchev–Trinajstić information content (AvgIpc) is 2.93. The lowest BCUT2D eigenvalue weighted by Gasteiger charge is -2.10. The molecule has 6 nitrogen and oxygen atoms in total. The summed E-state index contributed by atoms with van der Waals surface area (Å²) >= 11 is 12.3. The molecular formula is C28H23Br2ClN4O2. The van der Waals surface area contributed by atoms with E-state index in [1.165, 1.54) is 6.20 Å². The van der Waals surface area contributed by atoms with Gasteiger partial charge in [-0.1, -0.05) is 44.0 Å². The van der Waals surface area contributed by atoms with Crippen LogP contribution in [-0.4, -0.2) is 15.1 Å². The maximum atomic E-state index is 9.07. The molecule has 4 rings (SSSR count). The largest absolute Gasteiger partial charge is 0.508 e. The Hall–Kier alpha value is -3.43. The molecule has 0 aliphatic heterocycles. The first-order valence-corrected chi connectivity index (χ1v) is 12.9. The number of aromatic hydroxyl groups is 1. The van der Waals surface area contributed by atoms with E-state index in [-0.39, 0.29) is 0 Å². The number of pyridine rings is 2. The van der Waals surface area contributed by atoms with E-state index in [1.54, 1.807) is 42.9 Å². The van der Waals surface area contributed by atoms with Crippen molar-refractivity contribution in [2.45, 2.75) is 26.3 Å². The predicted molar refractivity (Wildman–Crippen MR) is 153 cm³/mol. The number of aromatic nitrogens is 2. The van der Waals surface area contributed by atoms with Gasteiger partial charge in [-0.3, -0.25) is 9.97 Å². The van der Waals surface area contributed by atoms with Gasteiger partial charge in [0.15, 0.2) is 0 Å². The Kier molecular flexibility index (Phi) is 12.6. The molecule has 0 saturated heterocycles. The number of rotatable bonds is 4. The van der Waals surface area contributed by atoms with E-state index < -0.39 is 0 Å². The monoisotopic (exact) mass is 640 g/mol. The highest BCUT2D eigenvalue weighted by Gasteiger charge is 2.04. The van der Waals surface area contributed by atoms with Crippen molar-refractivity contribution in [3.8, 4) is 17.6 Å². The first-order valence-electron chi connectivity index (χ1n) is 10.8. The second-order valence-corrected chi connectivity index (χ2v) is 9.50. The number of phenolic OH excluding ortho intramolecular Hbond substituents is 1. The molecule has 0 aliphatic rings. The van der Waals surface area contributed by atoms with Crippen LogP contribution in [0.15, 0.2) is 82.3 Å². The molecule has 0 spiro atoms. The van der Waals surface area contributed by atoms with Crippen molar-refractivity contribution in [2.24, 2.45) is 0 Å². The van der Waals surface area contributed by atoms with E-state index in [1.807, 2.05) is 44.2 Å². The van der Waals surface area contributed by atoms with Crippen molar-refractivity contribution in [3.63, 3.8) is 0 Å². The summed E-state index contributed by atoms with van der Waals surface area (Å²) < 4.78 is 7.70. The maximum absolute atomic E-state index is 9.07. The fourth-order valence-corrected chi connectivity index (χ4v) is 3.59. The van der Waals surface area contributed by atoms with Crippen LogP contribution in [0.25, 0.3) is 4.85 Å². The van der Waals surface area contributed by atoms with Crippen LogP contribution in [0.3, 0.4) is 0 Å². The SMILES string of the molecule is Cc1c(O)cccc1Br.N#Cc1cncc(CCl)c1.[C-]#[N+]c1cncc(COc2cccc(Br)c2C)c1. The van der Waals surface area contributed by atoms with Crippen LogP contribution in [0.1, 0.15) is 27.8 Å². The zero-order valence-electron chi connectivity index (χ0n) is 20.1. The van der Waals surface area contributed by atoms with Gasteiger partial charge in [0.05, 0.1) is 12.1 Å². The second kappa shape index (κ2) is 15.6. The topological polar surface area (TPSA) is 83.4 Å². The number of halogens is 3. The number of alkyl halides is 1. The predicted octanol–water partition coefficient (Wildman–Crippen LogP) is 8.44. The fraction of sp³-hybridized carbons (Fsp3) is 0.143. The number of hydrogen-bond acceptors (Lipinski definition) is 5. The highest BCUT2D eigenvalue weighted by molar-refractivity contribution is 9.10. The number of phenols is 1. The molecule has 0 radical (unpaired) electrons. The molecule has 37 heavy (non-hydrogen) atoms. The Balaban J connectivity index is 0.000000214. The van der Waals surface area contributed by atoms with Gasteiger partial charge in [-0.2, -0.15) is 5.26 Å². The Labute approximate surface area is 238 Å². The van der Waals surface area contributed by atoms with E-state index in [2.05, 4.69) is 46.7 Å². The van der Waals surface area contributed by atoms with E-state index in [9.17, 15) is 0 Å². The van der Waals surface area contributed by atoms with E-state index in [0.29, 0.717) is 29.5 Å². The van der Waals surface area contributed by atoms with Crippen molar-refractivity contribution in [3.05, 3.63) is 121 Å². The lowest BCUT2D eigenvalue weighted by Crippen LogP contribution is -1.97. The minimum Gasteiger partial charge on any atom is -0.508 e. The van der Waals surface area contributed by atoms with Crippen molar-refractivity contribution in [1.82, 2.24) is 9.97 Å². The molecule has 0 unspecified atom stereocenters. The molecule has 0 saturated carbocycles. The number of ether oxygens (including phenoxy) is 1. The van der Waals surface area contributed by atoms with Crippen molar-refractivity contribution in [2.75, 3.05) is 0 Å². The Morgan fingerprint density at radius 1 is 0.973 bits per heavy atom. The summed E-state index contributed by atoms with van der Waals surface area (Å²) in [6.07, 6.45) is 6.41. The minimum absolute atomic E-state index is 0.337. The van der Waals surface area contributed by atoms with Gasteiger partial charge in [-0.25, -0.2) is 4.85 Å². The summed E-state index contributed by atoms with van der Waals surface area (Å²) in [6.45, 7) is 11.2. The van der Waals surface area contributed by atoms with E-state index in [4.69, 9.17) is 33.3 Å². The summed E-state index contributed by atoms with van der Waals surface area (Å²) in [6, 6.07) is 16.7. The van der Waals surface area contributed by atoms with E-state index >= 15 is 0 Å². The van der Waals surface area contributed by atoms with Gasteiger partial charge in [-0.15, -0.1) is 11.6 Å². The third-order valence-corrected chi connectivity index (χ3v) is 6.87. The fourth-order valence-electron chi connectivity index (χ4n) is 2.74. The number of hydrogen-bond donors (Lipinski definition) is 1. The normalized spacial score (nSPS) is 9.49.